The number of hydrogen-bond acceptors (Lipinski definition) is 3. The predicted molar refractivity (Wildman–Crippen MR) is 59.9 cm³/mol. The second kappa shape index (κ2) is 3.93. The van der Waals surface area contributed by atoms with Crippen LogP contribution in [0.3, 0.4) is 0 Å². The van der Waals surface area contributed by atoms with E-state index < -0.39 is 0 Å². The lowest BCUT2D eigenvalue weighted by atomic mass is 9.94. The number of hydrogen-bond donors (Lipinski definition) is 2. The monoisotopic (exact) mass is 209 g/mol. The molecule has 1 fully saturated rings. The van der Waals surface area contributed by atoms with Gasteiger partial charge in [0.1, 0.15) is 5.60 Å². The average molecular weight is 209 g/mol. The number of nitrogens with one attached hydrogen (secondary N) is 1. The van der Waals surface area contributed by atoms with Gasteiger partial charge in [-0.25, -0.2) is 0 Å². The molecule has 1 aromatic carbocycles. The summed E-state index contributed by atoms with van der Waals surface area (Å²) in [7, 11) is 0. The number of ether oxygens (including phenoxy) is 1. The van der Waals surface area contributed by atoms with Crippen molar-refractivity contribution < 1.29 is 4.74 Å². The molecule has 1 unspecified atom stereocenters. The number of thiol groups is 1. The quantitative estimate of drug-likeness (QED) is 0.688. The molecular formula is C11H15NOS. The van der Waals surface area contributed by atoms with Crippen LogP contribution in [0.25, 0.3) is 0 Å². The first-order valence-electron chi connectivity index (χ1n) is 4.85. The first kappa shape index (κ1) is 10.0. The van der Waals surface area contributed by atoms with Gasteiger partial charge in [0.15, 0.2) is 0 Å². The summed E-state index contributed by atoms with van der Waals surface area (Å²) in [4.78, 5) is 0.999. The minimum absolute atomic E-state index is 0.226. The molecule has 1 atom stereocenters. The Bertz CT molecular complexity index is 321. The zero-order chi connectivity index (χ0) is 10.0. The SMILES string of the molecule is CC1(c2ccccc2S)CNCCO1. The van der Waals surface area contributed by atoms with E-state index in [1.165, 1.54) is 0 Å². The maximum absolute atomic E-state index is 5.82. The van der Waals surface area contributed by atoms with Crippen molar-refractivity contribution in [1.29, 1.82) is 0 Å². The smallest absolute Gasteiger partial charge is 0.104 e. The van der Waals surface area contributed by atoms with Crippen LogP contribution in [0.15, 0.2) is 29.2 Å². The number of benzene rings is 1. The second-order valence-electron chi connectivity index (χ2n) is 3.77. The Balaban J connectivity index is 2.32. The van der Waals surface area contributed by atoms with E-state index in [1.54, 1.807) is 0 Å². The summed E-state index contributed by atoms with van der Waals surface area (Å²) in [5.74, 6) is 0. The molecule has 0 saturated carbocycles. The van der Waals surface area contributed by atoms with E-state index in [1.807, 2.05) is 18.2 Å². The largest absolute Gasteiger partial charge is 0.368 e. The van der Waals surface area contributed by atoms with Gasteiger partial charge in [0.25, 0.3) is 0 Å². The summed E-state index contributed by atoms with van der Waals surface area (Å²) in [6, 6.07) is 8.10. The zero-order valence-electron chi connectivity index (χ0n) is 8.29. The van der Waals surface area contributed by atoms with Crippen LogP contribution >= 0.6 is 12.6 Å². The predicted octanol–water partition coefficient (Wildman–Crippen LogP) is 1.81. The summed E-state index contributed by atoms with van der Waals surface area (Å²) in [6.07, 6.45) is 0. The average Bonchev–Trinajstić information content (AvgIpc) is 2.19. The van der Waals surface area contributed by atoms with E-state index in [4.69, 9.17) is 4.74 Å². The molecule has 3 heteroatoms. The van der Waals surface area contributed by atoms with Crippen LogP contribution in [0.2, 0.25) is 0 Å². The highest BCUT2D eigenvalue weighted by Gasteiger charge is 2.31. The highest BCUT2D eigenvalue weighted by atomic mass is 32.1. The van der Waals surface area contributed by atoms with Gasteiger partial charge in [-0.1, -0.05) is 18.2 Å². The third-order valence-electron chi connectivity index (χ3n) is 2.64. The third kappa shape index (κ3) is 1.80. The highest BCUT2D eigenvalue weighted by molar-refractivity contribution is 7.80. The summed E-state index contributed by atoms with van der Waals surface area (Å²) in [5, 5.41) is 3.34. The Morgan fingerprint density at radius 2 is 2.21 bits per heavy atom. The van der Waals surface area contributed by atoms with Crippen molar-refractivity contribution in [2.24, 2.45) is 0 Å². The normalized spacial score (nSPS) is 27.6. The van der Waals surface area contributed by atoms with Crippen LogP contribution in [0.1, 0.15) is 12.5 Å². The standard InChI is InChI=1S/C11H15NOS/c1-11(8-12-6-7-13-11)9-4-2-3-5-10(9)14/h2-5,12,14H,6-8H2,1H3. The van der Waals surface area contributed by atoms with Crippen LogP contribution in [0.5, 0.6) is 0 Å². The first-order chi connectivity index (χ1) is 6.72. The molecule has 0 radical (unpaired) electrons. The van der Waals surface area contributed by atoms with Crippen molar-refractivity contribution in [2.75, 3.05) is 19.7 Å². The molecule has 2 nitrogen and oxygen atoms in total. The first-order valence-corrected chi connectivity index (χ1v) is 5.30. The Morgan fingerprint density at radius 1 is 1.43 bits per heavy atom. The van der Waals surface area contributed by atoms with Crippen LogP contribution in [-0.4, -0.2) is 19.7 Å². The van der Waals surface area contributed by atoms with Gasteiger partial charge in [0, 0.05) is 18.0 Å². The minimum atomic E-state index is -0.226. The molecule has 0 spiro atoms. The Hall–Kier alpha value is -0.510. The lowest BCUT2D eigenvalue weighted by Gasteiger charge is -2.35. The Labute approximate surface area is 90.1 Å². The van der Waals surface area contributed by atoms with Crippen molar-refractivity contribution in [3.63, 3.8) is 0 Å². The molecule has 1 aliphatic heterocycles. The molecule has 1 aromatic rings. The maximum Gasteiger partial charge on any atom is 0.104 e. The van der Waals surface area contributed by atoms with E-state index in [9.17, 15) is 0 Å². The van der Waals surface area contributed by atoms with E-state index in [0.717, 1.165) is 30.2 Å². The molecule has 0 bridgehead atoms. The molecule has 0 aromatic heterocycles. The van der Waals surface area contributed by atoms with Gasteiger partial charge >= 0.3 is 0 Å². The van der Waals surface area contributed by atoms with E-state index in [0.29, 0.717) is 0 Å². The summed E-state index contributed by atoms with van der Waals surface area (Å²) in [5.41, 5.74) is 0.937. The number of rotatable bonds is 1. The highest BCUT2D eigenvalue weighted by Crippen LogP contribution is 2.30. The Morgan fingerprint density at radius 3 is 2.86 bits per heavy atom. The van der Waals surface area contributed by atoms with E-state index >= 15 is 0 Å². The van der Waals surface area contributed by atoms with Crippen molar-refractivity contribution in [1.82, 2.24) is 5.32 Å². The zero-order valence-corrected chi connectivity index (χ0v) is 9.18. The molecule has 2 rings (SSSR count). The third-order valence-corrected chi connectivity index (χ3v) is 3.03. The van der Waals surface area contributed by atoms with Gasteiger partial charge in [-0.2, -0.15) is 0 Å². The van der Waals surface area contributed by atoms with Crippen molar-refractivity contribution in [3.05, 3.63) is 29.8 Å². The van der Waals surface area contributed by atoms with Gasteiger partial charge in [0.05, 0.1) is 6.61 Å². The Kier molecular flexibility index (Phi) is 2.81. The van der Waals surface area contributed by atoms with Gasteiger partial charge in [-0.15, -0.1) is 12.6 Å². The van der Waals surface area contributed by atoms with Gasteiger partial charge in [-0.3, -0.25) is 0 Å². The molecule has 1 heterocycles. The fourth-order valence-corrected chi connectivity index (χ4v) is 2.22. The molecule has 1 N–H and O–H groups in total. The van der Waals surface area contributed by atoms with Crippen molar-refractivity contribution >= 4 is 12.6 Å². The fourth-order valence-electron chi connectivity index (χ4n) is 1.82. The molecule has 14 heavy (non-hydrogen) atoms. The summed E-state index contributed by atoms with van der Waals surface area (Å²) >= 11 is 4.45. The molecule has 1 aliphatic rings. The second-order valence-corrected chi connectivity index (χ2v) is 4.26. The van der Waals surface area contributed by atoms with E-state index in [-0.39, 0.29) is 5.60 Å². The van der Waals surface area contributed by atoms with E-state index in [2.05, 4.69) is 30.9 Å². The van der Waals surface area contributed by atoms with Crippen LogP contribution < -0.4 is 5.32 Å². The number of morpholine rings is 1. The van der Waals surface area contributed by atoms with Gasteiger partial charge < -0.3 is 10.1 Å². The molecule has 0 aliphatic carbocycles. The summed E-state index contributed by atoms with van der Waals surface area (Å²) < 4.78 is 5.82. The maximum atomic E-state index is 5.82. The fraction of sp³-hybridized carbons (Fsp3) is 0.455. The molecule has 1 saturated heterocycles. The topological polar surface area (TPSA) is 21.3 Å². The van der Waals surface area contributed by atoms with Crippen LogP contribution in [0.4, 0.5) is 0 Å². The van der Waals surface area contributed by atoms with Crippen molar-refractivity contribution in [2.45, 2.75) is 17.4 Å². The molecular weight excluding hydrogens is 194 g/mol. The molecule has 0 amide bonds. The van der Waals surface area contributed by atoms with Crippen LogP contribution in [-0.2, 0) is 10.3 Å². The van der Waals surface area contributed by atoms with Crippen LogP contribution in [0, 0.1) is 0 Å². The lowest BCUT2D eigenvalue weighted by Crippen LogP contribution is -2.45. The molecule has 76 valence electrons. The van der Waals surface area contributed by atoms with Gasteiger partial charge in [0.2, 0.25) is 0 Å². The summed E-state index contributed by atoms with van der Waals surface area (Å²) in [6.45, 7) is 4.65. The van der Waals surface area contributed by atoms with Crippen molar-refractivity contribution in [3.8, 4) is 0 Å². The van der Waals surface area contributed by atoms with Gasteiger partial charge in [-0.05, 0) is 18.6 Å². The lowest BCUT2D eigenvalue weighted by molar-refractivity contribution is -0.0589. The minimum Gasteiger partial charge on any atom is -0.368 e.